The first kappa shape index (κ1) is 17.9. The highest BCUT2D eigenvalue weighted by atomic mass is 32.2. The van der Waals surface area contributed by atoms with E-state index < -0.39 is 11.9 Å². The molecule has 0 aliphatic heterocycles. The maximum absolute atomic E-state index is 12.1. The van der Waals surface area contributed by atoms with E-state index in [0.29, 0.717) is 25.3 Å². The van der Waals surface area contributed by atoms with E-state index in [1.54, 1.807) is 20.8 Å². The average Bonchev–Trinajstić information content (AvgIpc) is 2.76. The highest BCUT2D eigenvalue weighted by Crippen LogP contribution is 2.34. The molecule has 0 bridgehead atoms. The molecule has 0 saturated heterocycles. The molecule has 5 nitrogen and oxygen atoms in total. The third kappa shape index (κ3) is 4.42. The van der Waals surface area contributed by atoms with Crippen LogP contribution in [0.5, 0.6) is 0 Å². The van der Waals surface area contributed by atoms with Gasteiger partial charge in [0.1, 0.15) is 14.2 Å². The number of hydrogen-bond acceptors (Lipinski definition) is 7. The van der Waals surface area contributed by atoms with E-state index in [9.17, 15) is 9.59 Å². The lowest BCUT2D eigenvalue weighted by Crippen LogP contribution is -2.11. The van der Waals surface area contributed by atoms with Crippen LogP contribution in [0, 0.1) is 6.92 Å². The zero-order valence-corrected chi connectivity index (χ0v) is 14.7. The van der Waals surface area contributed by atoms with Crippen LogP contribution in [-0.2, 0) is 9.47 Å². The monoisotopic (exact) mass is 347 g/mol. The van der Waals surface area contributed by atoms with E-state index in [4.69, 9.17) is 21.7 Å². The standard InChI is InChI=1S/C13H17NO4S3/c1-5-17-11(15)8-7(3)9(12(16)18-6-2)21-10(8)14-13(19)20-4/h5-6H2,1-4H3,(H,14,19). The van der Waals surface area contributed by atoms with Crippen molar-refractivity contribution in [1.29, 1.82) is 0 Å². The van der Waals surface area contributed by atoms with Gasteiger partial charge in [0.15, 0.2) is 0 Å². The normalized spacial score (nSPS) is 10.1. The van der Waals surface area contributed by atoms with Gasteiger partial charge < -0.3 is 14.8 Å². The van der Waals surface area contributed by atoms with Crippen molar-refractivity contribution in [3.63, 3.8) is 0 Å². The lowest BCUT2D eigenvalue weighted by molar-refractivity contribution is 0.0527. The van der Waals surface area contributed by atoms with Crippen LogP contribution in [0.1, 0.15) is 39.4 Å². The number of thioether (sulfide) groups is 1. The number of nitrogens with one attached hydrogen (secondary N) is 1. The molecule has 0 atom stereocenters. The summed E-state index contributed by atoms with van der Waals surface area (Å²) < 4.78 is 10.6. The topological polar surface area (TPSA) is 64.6 Å². The highest BCUT2D eigenvalue weighted by Gasteiger charge is 2.26. The molecule has 21 heavy (non-hydrogen) atoms. The van der Waals surface area contributed by atoms with E-state index in [-0.39, 0.29) is 13.2 Å². The smallest absolute Gasteiger partial charge is 0.348 e. The summed E-state index contributed by atoms with van der Waals surface area (Å²) in [5, 5.41) is 3.47. The second-order valence-corrected chi connectivity index (χ2v) is 6.32. The summed E-state index contributed by atoms with van der Waals surface area (Å²) in [6.45, 7) is 5.69. The molecule has 1 rings (SSSR count). The molecule has 0 amide bonds. The number of anilines is 1. The first-order chi connectivity index (χ1) is 9.96. The molecule has 1 heterocycles. The number of hydrogen-bond donors (Lipinski definition) is 1. The van der Waals surface area contributed by atoms with Gasteiger partial charge in [0, 0.05) is 0 Å². The Balaban J connectivity index is 3.26. The molecular weight excluding hydrogens is 330 g/mol. The Kier molecular flexibility index (Phi) is 7.13. The molecule has 0 fully saturated rings. The van der Waals surface area contributed by atoms with E-state index in [1.165, 1.54) is 11.8 Å². The highest BCUT2D eigenvalue weighted by molar-refractivity contribution is 8.22. The van der Waals surface area contributed by atoms with Crippen molar-refractivity contribution in [2.45, 2.75) is 20.8 Å². The van der Waals surface area contributed by atoms with Gasteiger partial charge in [0.05, 0.1) is 18.8 Å². The number of esters is 2. The quantitative estimate of drug-likeness (QED) is 0.646. The summed E-state index contributed by atoms with van der Waals surface area (Å²) in [6.07, 6.45) is 1.83. The maximum Gasteiger partial charge on any atom is 0.348 e. The third-order valence-corrected chi connectivity index (χ3v) is 4.75. The van der Waals surface area contributed by atoms with E-state index >= 15 is 0 Å². The Morgan fingerprint density at radius 3 is 2.33 bits per heavy atom. The Hall–Kier alpha value is -1.12. The zero-order chi connectivity index (χ0) is 16.0. The van der Waals surface area contributed by atoms with Crippen molar-refractivity contribution in [1.82, 2.24) is 0 Å². The molecule has 0 aliphatic carbocycles. The molecule has 0 radical (unpaired) electrons. The minimum Gasteiger partial charge on any atom is -0.462 e. The number of thiocarbonyl (C=S) groups is 1. The molecule has 1 N–H and O–H groups in total. The van der Waals surface area contributed by atoms with Crippen LogP contribution in [0.3, 0.4) is 0 Å². The summed E-state index contributed by atoms with van der Waals surface area (Å²) >= 11 is 7.60. The van der Waals surface area contributed by atoms with Crippen LogP contribution in [0.2, 0.25) is 0 Å². The van der Waals surface area contributed by atoms with Crippen molar-refractivity contribution in [3.8, 4) is 0 Å². The predicted molar refractivity (Wildman–Crippen MR) is 90.7 cm³/mol. The van der Waals surface area contributed by atoms with Gasteiger partial charge in [-0.1, -0.05) is 12.2 Å². The van der Waals surface area contributed by atoms with Gasteiger partial charge in [0.25, 0.3) is 0 Å². The first-order valence-electron chi connectivity index (χ1n) is 6.28. The van der Waals surface area contributed by atoms with Gasteiger partial charge in [-0.05, 0) is 32.6 Å². The fraction of sp³-hybridized carbons (Fsp3) is 0.462. The molecule has 0 aromatic carbocycles. The molecule has 0 unspecified atom stereocenters. The Morgan fingerprint density at radius 1 is 1.24 bits per heavy atom. The Morgan fingerprint density at radius 2 is 1.81 bits per heavy atom. The van der Waals surface area contributed by atoms with Crippen molar-refractivity contribution in [3.05, 3.63) is 16.0 Å². The van der Waals surface area contributed by atoms with Crippen LogP contribution >= 0.6 is 35.3 Å². The Bertz CT molecular complexity index is 554. The van der Waals surface area contributed by atoms with E-state index in [1.807, 2.05) is 6.26 Å². The lowest BCUT2D eigenvalue weighted by atomic mass is 10.1. The fourth-order valence-corrected chi connectivity index (χ4v) is 3.11. The van der Waals surface area contributed by atoms with Gasteiger partial charge in [-0.3, -0.25) is 0 Å². The van der Waals surface area contributed by atoms with Gasteiger partial charge in [0.2, 0.25) is 0 Å². The van der Waals surface area contributed by atoms with Gasteiger partial charge in [-0.2, -0.15) is 0 Å². The minimum absolute atomic E-state index is 0.259. The van der Waals surface area contributed by atoms with Crippen molar-refractivity contribution >= 4 is 56.6 Å². The van der Waals surface area contributed by atoms with E-state index in [2.05, 4.69) is 5.32 Å². The second kappa shape index (κ2) is 8.35. The number of thiophene rings is 1. The van der Waals surface area contributed by atoms with Crippen LogP contribution in [0.4, 0.5) is 5.00 Å². The predicted octanol–water partition coefficient (Wildman–Crippen LogP) is 3.47. The average molecular weight is 347 g/mol. The van der Waals surface area contributed by atoms with Crippen molar-refractivity contribution < 1.29 is 19.1 Å². The first-order valence-corrected chi connectivity index (χ1v) is 8.73. The van der Waals surface area contributed by atoms with E-state index in [0.717, 1.165) is 11.3 Å². The maximum atomic E-state index is 12.1. The number of carbonyl (C=O) groups is 2. The number of rotatable bonds is 5. The van der Waals surface area contributed by atoms with Crippen LogP contribution in [0.15, 0.2) is 0 Å². The van der Waals surface area contributed by atoms with Gasteiger partial charge in [-0.15, -0.1) is 23.1 Å². The summed E-state index contributed by atoms with van der Waals surface area (Å²) in [5.74, 6) is -0.929. The molecule has 8 heteroatoms. The largest absolute Gasteiger partial charge is 0.462 e. The fourth-order valence-electron chi connectivity index (χ4n) is 1.59. The number of carbonyl (C=O) groups excluding carboxylic acids is 2. The van der Waals surface area contributed by atoms with Crippen LogP contribution in [0.25, 0.3) is 0 Å². The van der Waals surface area contributed by atoms with Crippen LogP contribution in [-0.4, -0.2) is 35.7 Å². The summed E-state index contributed by atoms with van der Waals surface area (Å²) in [4.78, 5) is 24.4. The summed E-state index contributed by atoms with van der Waals surface area (Å²) in [5.41, 5.74) is 0.879. The SMILES string of the molecule is CCOC(=O)c1sc(NC(=S)SC)c(C(=O)OCC)c1C. The van der Waals surface area contributed by atoms with Gasteiger partial charge in [-0.25, -0.2) is 9.59 Å². The zero-order valence-electron chi connectivity index (χ0n) is 12.3. The molecule has 0 spiro atoms. The molecule has 1 aromatic rings. The molecule has 0 saturated carbocycles. The summed E-state index contributed by atoms with van der Waals surface area (Å²) in [6, 6.07) is 0. The molecule has 116 valence electrons. The molecule has 1 aromatic heterocycles. The van der Waals surface area contributed by atoms with Gasteiger partial charge >= 0.3 is 11.9 Å². The third-order valence-electron chi connectivity index (χ3n) is 2.49. The lowest BCUT2D eigenvalue weighted by Gasteiger charge is -2.07. The minimum atomic E-state index is -0.479. The van der Waals surface area contributed by atoms with Crippen molar-refractivity contribution in [2.24, 2.45) is 0 Å². The molecular formula is C13H17NO4S3. The van der Waals surface area contributed by atoms with Crippen LogP contribution < -0.4 is 5.32 Å². The Labute approximate surface area is 137 Å². The van der Waals surface area contributed by atoms with Crippen molar-refractivity contribution in [2.75, 3.05) is 24.8 Å². The summed E-state index contributed by atoms with van der Waals surface area (Å²) in [7, 11) is 0. The number of ether oxygens (including phenoxy) is 2. The molecule has 0 aliphatic rings. The second-order valence-electron chi connectivity index (χ2n) is 3.82.